The number of thioether (sulfide) groups is 1. The van der Waals surface area contributed by atoms with Crippen LogP contribution in [0.25, 0.3) is 11.5 Å². The first-order valence-electron chi connectivity index (χ1n) is 7.33. The highest BCUT2D eigenvalue weighted by molar-refractivity contribution is 7.98. The lowest BCUT2D eigenvalue weighted by Crippen LogP contribution is -2.30. The second kappa shape index (κ2) is 8.51. The number of hydrogen-bond donors (Lipinski definition) is 2. The molecule has 0 aliphatic rings. The molecule has 1 aromatic carbocycles. The Morgan fingerprint density at radius 1 is 1.29 bits per heavy atom. The van der Waals surface area contributed by atoms with Crippen molar-refractivity contribution in [3.05, 3.63) is 53.0 Å². The molecule has 0 fully saturated rings. The second-order valence-corrected chi connectivity index (χ2v) is 6.97. The summed E-state index contributed by atoms with van der Waals surface area (Å²) in [5.74, 6) is 2.27. The Kier molecular flexibility index (Phi) is 5.86. The fourth-order valence-corrected chi connectivity index (χ4v) is 3.71. The SMILES string of the molecule is O=C(NCCSCc1cccs1)Nc1cccc(-c2nnco2)c1. The molecule has 24 heavy (non-hydrogen) atoms. The molecule has 2 N–H and O–H groups in total. The number of anilines is 1. The number of hydrogen-bond acceptors (Lipinski definition) is 6. The average molecular weight is 360 g/mol. The van der Waals surface area contributed by atoms with Crippen LogP contribution in [0.3, 0.4) is 0 Å². The van der Waals surface area contributed by atoms with Crippen LogP contribution in [0.2, 0.25) is 0 Å². The first kappa shape index (κ1) is 16.5. The van der Waals surface area contributed by atoms with E-state index >= 15 is 0 Å². The zero-order chi connectivity index (χ0) is 16.6. The molecule has 8 heteroatoms. The molecular formula is C16H16N4O2S2. The Bertz CT molecular complexity index is 760. The van der Waals surface area contributed by atoms with Crippen molar-refractivity contribution >= 4 is 34.8 Å². The van der Waals surface area contributed by atoms with Crippen LogP contribution in [-0.2, 0) is 5.75 Å². The number of urea groups is 1. The van der Waals surface area contributed by atoms with Gasteiger partial charge in [-0.2, -0.15) is 11.8 Å². The number of nitrogens with zero attached hydrogens (tertiary/aromatic N) is 2. The first-order valence-corrected chi connectivity index (χ1v) is 9.36. The Labute approximate surface area is 147 Å². The molecular weight excluding hydrogens is 344 g/mol. The number of nitrogens with one attached hydrogen (secondary N) is 2. The lowest BCUT2D eigenvalue weighted by molar-refractivity contribution is 0.252. The summed E-state index contributed by atoms with van der Waals surface area (Å²) in [6.45, 7) is 0.616. The van der Waals surface area contributed by atoms with E-state index in [4.69, 9.17) is 4.42 Å². The van der Waals surface area contributed by atoms with Gasteiger partial charge in [0.25, 0.3) is 0 Å². The maximum Gasteiger partial charge on any atom is 0.319 e. The topological polar surface area (TPSA) is 80.0 Å². The Balaban J connectivity index is 1.41. The summed E-state index contributed by atoms with van der Waals surface area (Å²) in [4.78, 5) is 13.3. The molecule has 2 amide bonds. The van der Waals surface area contributed by atoms with Gasteiger partial charge in [0.2, 0.25) is 12.3 Å². The molecule has 6 nitrogen and oxygen atoms in total. The lowest BCUT2D eigenvalue weighted by atomic mass is 10.2. The van der Waals surface area contributed by atoms with Crippen LogP contribution in [0.5, 0.6) is 0 Å². The van der Waals surface area contributed by atoms with Gasteiger partial charge in [0.1, 0.15) is 0 Å². The van der Waals surface area contributed by atoms with Gasteiger partial charge in [-0.25, -0.2) is 4.79 Å². The van der Waals surface area contributed by atoms with Crippen LogP contribution in [0, 0.1) is 0 Å². The molecule has 0 aliphatic heterocycles. The molecule has 0 aliphatic carbocycles. The third-order valence-electron chi connectivity index (χ3n) is 3.08. The van der Waals surface area contributed by atoms with Gasteiger partial charge in [0, 0.05) is 34.2 Å². The van der Waals surface area contributed by atoms with Crippen LogP contribution in [0.15, 0.2) is 52.6 Å². The molecule has 3 aromatic rings. The van der Waals surface area contributed by atoms with Crippen LogP contribution in [-0.4, -0.2) is 28.5 Å². The Hall–Kier alpha value is -2.32. The Morgan fingerprint density at radius 2 is 2.25 bits per heavy atom. The van der Waals surface area contributed by atoms with Crippen molar-refractivity contribution in [3.63, 3.8) is 0 Å². The number of carbonyl (C=O) groups is 1. The molecule has 2 aromatic heterocycles. The van der Waals surface area contributed by atoms with Crippen molar-refractivity contribution in [2.24, 2.45) is 0 Å². The fourth-order valence-electron chi connectivity index (χ4n) is 2.01. The standard InChI is InChI=1S/C16H16N4O2S2/c21-16(17-6-8-23-10-14-5-2-7-24-14)19-13-4-1-3-12(9-13)15-20-18-11-22-15/h1-5,7,9,11H,6,8,10H2,(H2,17,19,21). The molecule has 3 rings (SSSR count). The summed E-state index contributed by atoms with van der Waals surface area (Å²) in [5.41, 5.74) is 1.44. The molecule has 0 radical (unpaired) electrons. The van der Waals surface area contributed by atoms with E-state index in [1.165, 1.54) is 11.3 Å². The van der Waals surface area contributed by atoms with Gasteiger partial charge >= 0.3 is 6.03 Å². The van der Waals surface area contributed by atoms with E-state index in [0.717, 1.165) is 17.1 Å². The van der Waals surface area contributed by atoms with Gasteiger partial charge in [-0.3, -0.25) is 0 Å². The van der Waals surface area contributed by atoms with E-state index in [1.54, 1.807) is 29.2 Å². The van der Waals surface area contributed by atoms with E-state index in [-0.39, 0.29) is 6.03 Å². The molecule has 0 unspecified atom stereocenters. The largest absolute Gasteiger partial charge is 0.423 e. The van der Waals surface area contributed by atoms with E-state index in [2.05, 4.69) is 38.3 Å². The van der Waals surface area contributed by atoms with E-state index in [0.29, 0.717) is 18.1 Å². The molecule has 124 valence electrons. The second-order valence-electron chi connectivity index (χ2n) is 4.84. The maximum atomic E-state index is 11.9. The molecule has 2 heterocycles. The van der Waals surface area contributed by atoms with Gasteiger partial charge in [-0.05, 0) is 29.6 Å². The van der Waals surface area contributed by atoms with Crippen molar-refractivity contribution < 1.29 is 9.21 Å². The quantitative estimate of drug-likeness (QED) is 0.626. The summed E-state index contributed by atoms with van der Waals surface area (Å²) >= 11 is 3.55. The van der Waals surface area contributed by atoms with Crippen molar-refractivity contribution in [1.82, 2.24) is 15.5 Å². The molecule has 0 bridgehead atoms. The highest BCUT2D eigenvalue weighted by Crippen LogP contribution is 2.20. The predicted molar refractivity (Wildman–Crippen MR) is 97.2 cm³/mol. The number of benzene rings is 1. The first-order chi connectivity index (χ1) is 11.8. The van der Waals surface area contributed by atoms with Crippen molar-refractivity contribution in [2.75, 3.05) is 17.6 Å². The summed E-state index contributed by atoms with van der Waals surface area (Å²) in [7, 11) is 0. The number of thiophene rings is 1. The minimum Gasteiger partial charge on any atom is -0.423 e. The normalized spacial score (nSPS) is 10.5. The van der Waals surface area contributed by atoms with Gasteiger partial charge < -0.3 is 15.1 Å². The highest BCUT2D eigenvalue weighted by Gasteiger charge is 2.06. The monoisotopic (exact) mass is 360 g/mol. The number of amides is 2. The third-order valence-corrected chi connectivity index (χ3v) is 5.15. The van der Waals surface area contributed by atoms with Crippen LogP contribution in [0.4, 0.5) is 10.5 Å². The predicted octanol–water partition coefficient (Wildman–Crippen LogP) is 3.85. The van der Waals surface area contributed by atoms with Crippen LogP contribution in [0.1, 0.15) is 4.88 Å². The van der Waals surface area contributed by atoms with Gasteiger partial charge in [-0.1, -0.05) is 12.1 Å². The van der Waals surface area contributed by atoms with Gasteiger partial charge in [-0.15, -0.1) is 21.5 Å². The summed E-state index contributed by atoms with van der Waals surface area (Å²) in [5, 5.41) is 15.2. The van der Waals surface area contributed by atoms with Crippen LogP contribution < -0.4 is 10.6 Å². The van der Waals surface area contributed by atoms with E-state index in [9.17, 15) is 4.79 Å². The lowest BCUT2D eigenvalue weighted by Gasteiger charge is -2.08. The molecule has 0 saturated heterocycles. The highest BCUT2D eigenvalue weighted by atomic mass is 32.2. The minimum atomic E-state index is -0.227. The maximum absolute atomic E-state index is 11.9. The van der Waals surface area contributed by atoms with E-state index in [1.807, 2.05) is 18.2 Å². The Morgan fingerprint density at radius 3 is 3.04 bits per heavy atom. The van der Waals surface area contributed by atoms with Gasteiger partial charge in [0.05, 0.1) is 0 Å². The zero-order valence-corrected chi connectivity index (χ0v) is 14.4. The van der Waals surface area contributed by atoms with E-state index < -0.39 is 0 Å². The molecule has 0 saturated carbocycles. The minimum absolute atomic E-state index is 0.227. The molecule has 0 spiro atoms. The number of aromatic nitrogens is 2. The van der Waals surface area contributed by atoms with Gasteiger partial charge in [0.15, 0.2) is 0 Å². The number of rotatable bonds is 7. The number of carbonyl (C=O) groups excluding carboxylic acids is 1. The van der Waals surface area contributed by atoms with Crippen molar-refractivity contribution in [2.45, 2.75) is 5.75 Å². The van der Waals surface area contributed by atoms with Crippen LogP contribution >= 0.6 is 23.1 Å². The van der Waals surface area contributed by atoms with Crippen molar-refractivity contribution in [3.8, 4) is 11.5 Å². The summed E-state index contributed by atoms with van der Waals surface area (Å²) in [6.07, 6.45) is 1.27. The zero-order valence-electron chi connectivity index (χ0n) is 12.8. The fraction of sp³-hybridized carbons (Fsp3) is 0.188. The molecule has 0 atom stereocenters. The summed E-state index contributed by atoms with van der Waals surface area (Å²) < 4.78 is 5.15. The summed E-state index contributed by atoms with van der Waals surface area (Å²) in [6, 6.07) is 11.2. The third kappa shape index (κ3) is 4.84. The van der Waals surface area contributed by atoms with Crippen molar-refractivity contribution in [1.29, 1.82) is 0 Å². The smallest absolute Gasteiger partial charge is 0.319 e. The average Bonchev–Trinajstić information content (AvgIpc) is 3.28.